The Hall–Kier alpha value is -2.38. The lowest BCUT2D eigenvalue weighted by Gasteiger charge is -2.07. The molecule has 0 atom stereocenters. The third-order valence-electron chi connectivity index (χ3n) is 1.81. The summed E-state index contributed by atoms with van der Waals surface area (Å²) in [4.78, 5) is 30.7. The number of carbonyl (C=O) groups is 2. The van der Waals surface area contributed by atoms with Gasteiger partial charge in [-0.15, -0.1) is 0 Å². The number of hydrogen-bond donors (Lipinski definition) is 0. The van der Waals surface area contributed by atoms with Crippen molar-refractivity contribution in [3.05, 3.63) is 33.4 Å². The maximum atomic E-state index is 12.0. The third kappa shape index (κ3) is 2.80. The number of carbonyl (C=O) groups excluding carboxylic acids is 2. The Morgan fingerprint density at radius 3 is 2.35 bits per heavy atom. The van der Waals surface area contributed by atoms with Gasteiger partial charge in [-0.3, -0.25) is 19.7 Å². The van der Waals surface area contributed by atoms with Crippen molar-refractivity contribution >= 4 is 18.3 Å². The second-order valence-electron chi connectivity index (χ2n) is 2.82. The minimum Gasteiger partial charge on any atom is -0.434 e. The van der Waals surface area contributed by atoms with Crippen molar-refractivity contribution in [2.24, 2.45) is 0 Å². The zero-order valence-corrected chi connectivity index (χ0v) is 8.13. The number of nitrogens with zero attached hydrogens (tertiary/aromatic N) is 1. The first-order valence-electron chi connectivity index (χ1n) is 4.17. The standard InChI is InChI=1S/C9H5F2NO5/c10-9(11)17-8-2-5(3-13)1-7(12(15)16)6(8)4-14/h1-4,9H. The van der Waals surface area contributed by atoms with E-state index in [-0.39, 0.29) is 18.1 Å². The highest BCUT2D eigenvalue weighted by molar-refractivity contribution is 5.89. The molecule has 0 spiro atoms. The molecule has 1 rings (SSSR count). The van der Waals surface area contributed by atoms with Crippen LogP contribution in [0.4, 0.5) is 14.5 Å². The average molecular weight is 245 g/mol. The fraction of sp³-hybridized carbons (Fsp3) is 0.111. The minimum absolute atomic E-state index is 0.0183. The van der Waals surface area contributed by atoms with E-state index in [0.717, 1.165) is 12.1 Å². The average Bonchev–Trinajstić information content (AvgIpc) is 2.26. The molecule has 0 aromatic heterocycles. The number of nitro groups is 1. The van der Waals surface area contributed by atoms with Gasteiger partial charge in [0.15, 0.2) is 6.29 Å². The number of halogens is 2. The Labute approximate surface area is 92.9 Å². The summed E-state index contributed by atoms with van der Waals surface area (Å²) in [5.74, 6) is -0.702. The summed E-state index contributed by atoms with van der Waals surface area (Å²) in [6, 6.07) is 1.63. The molecule has 0 aliphatic rings. The lowest BCUT2D eigenvalue weighted by atomic mass is 10.1. The number of aldehydes is 2. The van der Waals surface area contributed by atoms with E-state index in [0.29, 0.717) is 0 Å². The molecule has 0 unspecified atom stereocenters. The molecule has 0 fully saturated rings. The van der Waals surface area contributed by atoms with Gasteiger partial charge in [-0.05, 0) is 6.07 Å². The molecular weight excluding hydrogens is 240 g/mol. The first kappa shape index (κ1) is 12.7. The van der Waals surface area contributed by atoms with Crippen molar-refractivity contribution in [1.29, 1.82) is 0 Å². The number of hydrogen-bond acceptors (Lipinski definition) is 5. The van der Waals surface area contributed by atoms with Crippen LogP contribution < -0.4 is 4.74 Å². The van der Waals surface area contributed by atoms with E-state index < -0.39 is 28.5 Å². The summed E-state index contributed by atoms with van der Waals surface area (Å²) in [5, 5.41) is 10.6. The van der Waals surface area contributed by atoms with Crippen LogP contribution in [0.2, 0.25) is 0 Å². The lowest BCUT2D eigenvalue weighted by Crippen LogP contribution is -2.07. The number of ether oxygens (including phenoxy) is 1. The van der Waals surface area contributed by atoms with Crippen molar-refractivity contribution < 1.29 is 28.0 Å². The predicted octanol–water partition coefficient (Wildman–Crippen LogP) is 1.82. The van der Waals surface area contributed by atoms with Crippen molar-refractivity contribution in [2.75, 3.05) is 0 Å². The Morgan fingerprint density at radius 2 is 1.94 bits per heavy atom. The molecule has 17 heavy (non-hydrogen) atoms. The number of benzene rings is 1. The van der Waals surface area contributed by atoms with Gasteiger partial charge in [-0.1, -0.05) is 0 Å². The first-order chi connectivity index (χ1) is 7.99. The van der Waals surface area contributed by atoms with Crippen LogP contribution >= 0.6 is 0 Å². The summed E-state index contributed by atoms with van der Waals surface area (Å²) in [6.45, 7) is -3.25. The van der Waals surface area contributed by atoms with Crippen molar-refractivity contribution in [1.82, 2.24) is 0 Å². The lowest BCUT2D eigenvalue weighted by molar-refractivity contribution is -0.385. The molecule has 90 valence electrons. The Balaban J connectivity index is 3.44. The quantitative estimate of drug-likeness (QED) is 0.448. The van der Waals surface area contributed by atoms with Crippen LogP contribution in [0, 0.1) is 10.1 Å². The van der Waals surface area contributed by atoms with Gasteiger partial charge in [0.1, 0.15) is 17.6 Å². The van der Waals surface area contributed by atoms with Crippen LogP contribution in [0.25, 0.3) is 0 Å². The van der Waals surface area contributed by atoms with Gasteiger partial charge in [0.2, 0.25) is 0 Å². The summed E-state index contributed by atoms with van der Waals surface area (Å²) in [7, 11) is 0. The molecule has 0 saturated carbocycles. The Morgan fingerprint density at radius 1 is 1.29 bits per heavy atom. The highest BCUT2D eigenvalue weighted by atomic mass is 19.3. The van der Waals surface area contributed by atoms with Crippen LogP contribution in [0.3, 0.4) is 0 Å². The van der Waals surface area contributed by atoms with Gasteiger partial charge in [-0.2, -0.15) is 8.78 Å². The second-order valence-corrected chi connectivity index (χ2v) is 2.82. The molecular formula is C9H5F2NO5. The second kappa shape index (κ2) is 5.10. The number of nitro benzene ring substituents is 1. The fourth-order valence-corrected chi connectivity index (χ4v) is 1.16. The van der Waals surface area contributed by atoms with Crippen LogP contribution in [-0.2, 0) is 0 Å². The smallest absolute Gasteiger partial charge is 0.387 e. The highest BCUT2D eigenvalue weighted by Crippen LogP contribution is 2.29. The third-order valence-corrected chi connectivity index (χ3v) is 1.81. The molecule has 0 heterocycles. The molecule has 0 bridgehead atoms. The number of alkyl halides is 2. The Bertz CT molecular complexity index is 475. The van der Waals surface area contributed by atoms with Crippen LogP contribution in [0.1, 0.15) is 20.7 Å². The normalized spacial score (nSPS) is 10.1. The minimum atomic E-state index is -3.25. The topological polar surface area (TPSA) is 86.5 Å². The number of rotatable bonds is 5. The zero-order chi connectivity index (χ0) is 13.0. The van der Waals surface area contributed by atoms with E-state index in [1.54, 1.807) is 0 Å². The van der Waals surface area contributed by atoms with Gasteiger partial charge in [0.25, 0.3) is 5.69 Å². The van der Waals surface area contributed by atoms with E-state index in [9.17, 15) is 28.5 Å². The van der Waals surface area contributed by atoms with Crippen LogP contribution in [-0.4, -0.2) is 24.1 Å². The zero-order valence-electron chi connectivity index (χ0n) is 8.13. The highest BCUT2D eigenvalue weighted by Gasteiger charge is 2.22. The van der Waals surface area contributed by atoms with Crippen molar-refractivity contribution in [2.45, 2.75) is 6.61 Å². The van der Waals surface area contributed by atoms with Crippen molar-refractivity contribution in [3.8, 4) is 5.75 Å². The summed E-state index contributed by atoms with van der Waals surface area (Å²) in [6.07, 6.45) is 0.240. The molecule has 6 nitrogen and oxygen atoms in total. The molecule has 0 aliphatic carbocycles. The van der Waals surface area contributed by atoms with E-state index in [2.05, 4.69) is 4.74 Å². The molecule has 0 aliphatic heterocycles. The van der Waals surface area contributed by atoms with Gasteiger partial charge < -0.3 is 4.74 Å². The van der Waals surface area contributed by atoms with Gasteiger partial charge in [0.05, 0.1) is 4.92 Å². The van der Waals surface area contributed by atoms with Crippen LogP contribution in [0.5, 0.6) is 5.75 Å². The SMILES string of the molecule is O=Cc1cc(OC(F)F)c(C=O)c([N+](=O)[O-])c1. The monoisotopic (exact) mass is 245 g/mol. The summed E-state index contributed by atoms with van der Waals surface area (Å²) >= 11 is 0. The predicted molar refractivity (Wildman–Crippen MR) is 50.5 cm³/mol. The largest absolute Gasteiger partial charge is 0.434 e. The van der Waals surface area contributed by atoms with Gasteiger partial charge >= 0.3 is 6.61 Å². The van der Waals surface area contributed by atoms with E-state index in [1.165, 1.54) is 0 Å². The Kier molecular flexibility index (Phi) is 3.81. The maximum Gasteiger partial charge on any atom is 0.387 e. The summed E-state index contributed by atoms with van der Waals surface area (Å²) < 4.78 is 28.0. The van der Waals surface area contributed by atoms with E-state index in [4.69, 9.17) is 0 Å². The first-order valence-corrected chi connectivity index (χ1v) is 4.17. The molecule has 8 heteroatoms. The maximum absolute atomic E-state index is 12.0. The molecule has 0 amide bonds. The molecule has 0 radical (unpaired) electrons. The van der Waals surface area contributed by atoms with Crippen molar-refractivity contribution in [3.63, 3.8) is 0 Å². The van der Waals surface area contributed by atoms with E-state index >= 15 is 0 Å². The molecule has 0 N–H and O–H groups in total. The summed E-state index contributed by atoms with van der Waals surface area (Å²) in [5.41, 5.74) is -1.64. The molecule has 0 saturated heterocycles. The fourth-order valence-electron chi connectivity index (χ4n) is 1.16. The molecule has 1 aromatic rings. The van der Waals surface area contributed by atoms with Gasteiger partial charge in [0, 0.05) is 11.6 Å². The van der Waals surface area contributed by atoms with Gasteiger partial charge in [-0.25, -0.2) is 0 Å². The van der Waals surface area contributed by atoms with Crippen LogP contribution in [0.15, 0.2) is 12.1 Å². The molecule has 1 aromatic carbocycles. The van der Waals surface area contributed by atoms with E-state index in [1.807, 2.05) is 0 Å².